The number of nitrogens with one attached hydrogen (secondary N) is 1. The van der Waals surface area contributed by atoms with E-state index in [1.165, 1.54) is 0 Å². The summed E-state index contributed by atoms with van der Waals surface area (Å²) >= 11 is 6.09. The molecule has 0 saturated carbocycles. The Kier molecular flexibility index (Phi) is 5.41. The first-order valence-electron chi connectivity index (χ1n) is 6.89. The number of carbonyl (C=O) groups is 1. The number of hydrogen-bond acceptors (Lipinski definition) is 3. The van der Waals surface area contributed by atoms with Crippen LogP contribution in [0.5, 0.6) is 5.75 Å². The van der Waals surface area contributed by atoms with Gasteiger partial charge in [0.2, 0.25) is 0 Å². The van der Waals surface area contributed by atoms with Crippen LogP contribution in [0.2, 0.25) is 5.02 Å². The molecule has 0 heterocycles. The summed E-state index contributed by atoms with van der Waals surface area (Å²) in [6.07, 6.45) is 0. The maximum Gasteiger partial charge on any atom is 0.262 e. The van der Waals surface area contributed by atoms with Crippen LogP contribution in [-0.4, -0.2) is 17.6 Å². The third-order valence-corrected chi connectivity index (χ3v) is 3.84. The van der Waals surface area contributed by atoms with Crippen LogP contribution in [0.25, 0.3) is 0 Å². The lowest BCUT2D eigenvalue weighted by Gasteiger charge is -2.12. The van der Waals surface area contributed by atoms with Gasteiger partial charge in [0.1, 0.15) is 5.75 Å². The van der Waals surface area contributed by atoms with Crippen molar-refractivity contribution in [2.45, 2.75) is 20.5 Å². The van der Waals surface area contributed by atoms with Gasteiger partial charge in [-0.3, -0.25) is 4.79 Å². The maximum absolute atomic E-state index is 11.9. The van der Waals surface area contributed by atoms with E-state index in [2.05, 4.69) is 5.32 Å². The quantitative estimate of drug-likeness (QED) is 0.887. The van der Waals surface area contributed by atoms with Gasteiger partial charge in [0.15, 0.2) is 6.61 Å². The van der Waals surface area contributed by atoms with Gasteiger partial charge >= 0.3 is 0 Å². The Labute approximate surface area is 134 Å². The number of benzene rings is 2. The summed E-state index contributed by atoms with van der Waals surface area (Å²) in [5, 5.41) is 12.7. The van der Waals surface area contributed by atoms with Gasteiger partial charge in [0.05, 0.1) is 6.61 Å². The lowest BCUT2D eigenvalue weighted by molar-refractivity contribution is -0.118. The summed E-state index contributed by atoms with van der Waals surface area (Å²) in [6, 6.07) is 10.7. The number of ether oxygens (including phenoxy) is 1. The fraction of sp³-hybridized carbons (Fsp3) is 0.235. The average Bonchev–Trinajstić information content (AvgIpc) is 2.51. The molecule has 0 aliphatic carbocycles. The maximum atomic E-state index is 11.9. The summed E-state index contributed by atoms with van der Waals surface area (Å²) < 4.78 is 5.50. The third-order valence-electron chi connectivity index (χ3n) is 3.24. The van der Waals surface area contributed by atoms with Crippen molar-refractivity contribution in [3.63, 3.8) is 0 Å². The lowest BCUT2D eigenvalue weighted by Crippen LogP contribution is -2.21. The Hall–Kier alpha value is -2.04. The van der Waals surface area contributed by atoms with Crippen molar-refractivity contribution in [2.24, 2.45) is 0 Å². The molecule has 0 radical (unpaired) electrons. The molecule has 0 bridgehead atoms. The molecule has 2 aromatic carbocycles. The van der Waals surface area contributed by atoms with E-state index in [-0.39, 0.29) is 19.1 Å². The molecular formula is C17H18ClNO3. The summed E-state index contributed by atoms with van der Waals surface area (Å²) in [4.78, 5) is 11.9. The molecule has 116 valence electrons. The van der Waals surface area contributed by atoms with Gasteiger partial charge in [-0.1, -0.05) is 29.8 Å². The highest BCUT2D eigenvalue weighted by atomic mass is 35.5. The molecule has 0 atom stereocenters. The number of rotatable bonds is 5. The van der Waals surface area contributed by atoms with Crippen molar-refractivity contribution in [3.05, 3.63) is 58.1 Å². The van der Waals surface area contributed by atoms with Crippen molar-refractivity contribution in [2.75, 3.05) is 11.9 Å². The minimum atomic E-state index is -0.286. The fourth-order valence-corrected chi connectivity index (χ4v) is 2.21. The largest absolute Gasteiger partial charge is 0.484 e. The van der Waals surface area contributed by atoms with Crippen molar-refractivity contribution in [3.8, 4) is 5.75 Å². The number of para-hydroxylation sites is 1. The molecule has 0 spiro atoms. The van der Waals surface area contributed by atoms with E-state index in [1.54, 1.807) is 36.4 Å². The second-order valence-corrected chi connectivity index (χ2v) is 5.40. The van der Waals surface area contributed by atoms with Crippen LogP contribution in [0, 0.1) is 13.8 Å². The molecule has 0 aliphatic heterocycles. The zero-order valence-electron chi connectivity index (χ0n) is 12.5. The van der Waals surface area contributed by atoms with E-state index in [1.807, 2.05) is 13.8 Å². The molecule has 2 aromatic rings. The second-order valence-electron chi connectivity index (χ2n) is 5.02. The fourth-order valence-electron chi connectivity index (χ4n) is 2.10. The number of amides is 1. The van der Waals surface area contributed by atoms with Crippen LogP contribution in [-0.2, 0) is 11.4 Å². The van der Waals surface area contributed by atoms with Gasteiger partial charge in [-0.2, -0.15) is 0 Å². The summed E-state index contributed by atoms with van der Waals surface area (Å²) in [6.45, 7) is 3.53. The number of aliphatic hydroxyl groups is 1. The van der Waals surface area contributed by atoms with Gasteiger partial charge in [0, 0.05) is 16.3 Å². The summed E-state index contributed by atoms with van der Waals surface area (Å²) in [5.41, 5.74) is 3.06. The molecule has 0 aliphatic rings. The number of aliphatic hydroxyl groups excluding tert-OH is 1. The van der Waals surface area contributed by atoms with E-state index in [4.69, 9.17) is 16.3 Å². The molecule has 1 amide bonds. The van der Waals surface area contributed by atoms with Crippen molar-refractivity contribution in [1.29, 1.82) is 0 Å². The molecule has 4 nitrogen and oxygen atoms in total. The number of halogens is 1. The van der Waals surface area contributed by atoms with E-state index in [0.29, 0.717) is 22.0 Å². The number of aryl methyl sites for hydroxylation is 2. The first kappa shape index (κ1) is 16.3. The topological polar surface area (TPSA) is 58.6 Å². The van der Waals surface area contributed by atoms with Crippen LogP contribution in [0.15, 0.2) is 36.4 Å². The van der Waals surface area contributed by atoms with Gasteiger partial charge < -0.3 is 15.2 Å². The first-order chi connectivity index (χ1) is 10.5. The zero-order valence-corrected chi connectivity index (χ0v) is 13.3. The zero-order chi connectivity index (χ0) is 16.1. The third kappa shape index (κ3) is 4.00. The molecular weight excluding hydrogens is 302 g/mol. The van der Waals surface area contributed by atoms with Gasteiger partial charge in [0.25, 0.3) is 5.91 Å². The Morgan fingerprint density at radius 1 is 1.23 bits per heavy atom. The van der Waals surface area contributed by atoms with Crippen LogP contribution in [0.1, 0.15) is 16.7 Å². The van der Waals surface area contributed by atoms with Gasteiger partial charge in [-0.05, 0) is 43.2 Å². The molecule has 5 heteroatoms. The molecule has 0 saturated heterocycles. The summed E-state index contributed by atoms with van der Waals surface area (Å²) in [5.74, 6) is 0.316. The number of carbonyl (C=O) groups excluding carboxylic acids is 1. The van der Waals surface area contributed by atoms with Crippen LogP contribution in [0.4, 0.5) is 5.69 Å². The monoisotopic (exact) mass is 319 g/mol. The van der Waals surface area contributed by atoms with E-state index in [0.717, 1.165) is 11.1 Å². The Morgan fingerprint density at radius 2 is 1.86 bits per heavy atom. The van der Waals surface area contributed by atoms with Gasteiger partial charge in [-0.25, -0.2) is 0 Å². The van der Waals surface area contributed by atoms with Gasteiger partial charge in [-0.15, -0.1) is 0 Å². The average molecular weight is 320 g/mol. The minimum Gasteiger partial charge on any atom is -0.484 e. The Balaban J connectivity index is 1.98. The van der Waals surface area contributed by atoms with E-state index < -0.39 is 0 Å². The lowest BCUT2D eigenvalue weighted by atomic mass is 10.1. The predicted molar refractivity (Wildman–Crippen MR) is 87.4 cm³/mol. The van der Waals surface area contributed by atoms with Crippen molar-refractivity contribution < 1.29 is 14.6 Å². The SMILES string of the molecule is Cc1cc(OCC(=O)Nc2ccccc2CO)cc(C)c1Cl. The predicted octanol–water partition coefficient (Wildman–Crippen LogP) is 3.47. The van der Waals surface area contributed by atoms with E-state index >= 15 is 0 Å². The normalized spacial score (nSPS) is 10.4. The Bertz CT molecular complexity index is 662. The Morgan fingerprint density at radius 3 is 2.50 bits per heavy atom. The number of hydrogen-bond donors (Lipinski definition) is 2. The van der Waals surface area contributed by atoms with Crippen LogP contribution in [0.3, 0.4) is 0 Å². The first-order valence-corrected chi connectivity index (χ1v) is 7.27. The van der Waals surface area contributed by atoms with E-state index in [9.17, 15) is 9.90 Å². The molecule has 22 heavy (non-hydrogen) atoms. The standard InChI is InChI=1S/C17H18ClNO3/c1-11-7-14(8-12(2)17(11)18)22-10-16(21)19-15-6-4-3-5-13(15)9-20/h3-8,20H,9-10H2,1-2H3,(H,19,21). The molecule has 2 N–H and O–H groups in total. The molecule has 0 aromatic heterocycles. The second kappa shape index (κ2) is 7.29. The molecule has 0 unspecified atom stereocenters. The van der Waals surface area contributed by atoms with Crippen LogP contribution >= 0.6 is 11.6 Å². The summed E-state index contributed by atoms with van der Waals surface area (Å²) in [7, 11) is 0. The molecule has 2 rings (SSSR count). The highest BCUT2D eigenvalue weighted by Crippen LogP contribution is 2.25. The highest BCUT2D eigenvalue weighted by molar-refractivity contribution is 6.32. The van der Waals surface area contributed by atoms with Crippen molar-refractivity contribution >= 4 is 23.2 Å². The van der Waals surface area contributed by atoms with Crippen molar-refractivity contribution in [1.82, 2.24) is 0 Å². The highest BCUT2D eigenvalue weighted by Gasteiger charge is 2.08. The molecule has 0 fully saturated rings. The smallest absolute Gasteiger partial charge is 0.262 e. The van der Waals surface area contributed by atoms with Crippen LogP contribution < -0.4 is 10.1 Å². The number of anilines is 1. The minimum absolute atomic E-state index is 0.111.